The van der Waals surface area contributed by atoms with Crippen LogP contribution in [0.15, 0.2) is 59.5 Å². The van der Waals surface area contributed by atoms with E-state index >= 15 is 0 Å². The third kappa shape index (κ3) is 4.67. The van der Waals surface area contributed by atoms with Crippen LogP contribution in [0.5, 0.6) is 0 Å². The highest BCUT2D eigenvalue weighted by molar-refractivity contribution is 7.89. The molecule has 0 radical (unpaired) electrons. The highest BCUT2D eigenvalue weighted by Crippen LogP contribution is 2.17. The second-order valence-corrected chi connectivity index (χ2v) is 8.55. The molecule has 0 atom stereocenters. The number of rotatable bonds is 5. The number of urea groups is 1. The van der Waals surface area contributed by atoms with Gasteiger partial charge in [0.15, 0.2) is 0 Å². The van der Waals surface area contributed by atoms with E-state index in [4.69, 9.17) is 0 Å². The molecule has 2 aromatic rings. The predicted octanol–water partition coefficient (Wildman–Crippen LogP) is 2.25. The van der Waals surface area contributed by atoms with Crippen LogP contribution < -0.4 is 5.32 Å². The number of carbonyl (C=O) groups is 1. The number of amides is 2. The maximum absolute atomic E-state index is 12.6. The largest absolute Gasteiger partial charge is 0.338 e. The van der Waals surface area contributed by atoms with Crippen LogP contribution in [-0.2, 0) is 16.4 Å². The van der Waals surface area contributed by atoms with Crippen LogP contribution in [-0.4, -0.2) is 56.4 Å². The molecule has 1 heterocycles. The first-order valence-electron chi connectivity index (χ1n) is 9.11. The fourth-order valence-corrected chi connectivity index (χ4v) is 4.62. The van der Waals surface area contributed by atoms with Gasteiger partial charge >= 0.3 is 6.03 Å². The Morgan fingerprint density at radius 2 is 1.59 bits per heavy atom. The van der Waals surface area contributed by atoms with Crippen LogP contribution in [0.25, 0.3) is 0 Å². The lowest BCUT2D eigenvalue weighted by molar-refractivity contribution is 0.172. The van der Waals surface area contributed by atoms with Gasteiger partial charge in [-0.05, 0) is 36.6 Å². The second kappa shape index (κ2) is 8.54. The summed E-state index contributed by atoms with van der Waals surface area (Å²) in [6.07, 6.45) is 0.779. The number of nitrogens with zero attached hydrogens (tertiary/aromatic N) is 2. The van der Waals surface area contributed by atoms with Gasteiger partial charge in [-0.2, -0.15) is 4.31 Å². The molecule has 2 aromatic carbocycles. The molecule has 0 spiro atoms. The van der Waals surface area contributed by atoms with E-state index < -0.39 is 10.0 Å². The minimum absolute atomic E-state index is 0.139. The first kappa shape index (κ1) is 19.4. The van der Waals surface area contributed by atoms with Gasteiger partial charge in [0, 0.05) is 32.7 Å². The maximum atomic E-state index is 12.6. The lowest BCUT2D eigenvalue weighted by Gasteiger charge is -2.34. The topological polar surface area (TPSA) is 69.7 Å². The van der Waals surface area contributed by atoms with Crippen LogP contribution >= 0.6 is 0 Å². The summed E-state index contributed by atoms with van der Waals surface area (Å²) < 4.78 is 26.7. The first-order chi connectivity index (χ1) is 13.0. The Hall–Kier alpha value is -2.38. The van der Waals surface area contributed by atoms with E-state index in [1.807, 2.05) is 12.1 Å². The number of piperazine rings is 1. The van der Waals surface area contributed by atoms with Gasteiger partial charge in [-0.3, -0.25) is 0 Å². The van der Waals surface area contributed by atoms with E-state index in [-0.39, 0.29) is 6.03 Å². The Bertz CT molecular complexity index is 876. The van der Waals surface area contributed by atoms with Gasteiger partial charge in [-0.25, -0.2) is 13.2 Å². The normalized spacial score (nSPS) is 15.5. The molecule has 2 amide bonds. The molecule has 1 aliphatic heterocycles. The van der Waals surface area contributed by atoms with Crippen molar-refractivity contribution in [1.29, 1.82) is 0 Å². The molecule has 7 heteroatoms. The fraction of sp³-hybridized carbons (Fsp3) is 0.350. The van der Waals surface area contributed by atoms with Crippen LogP contribution in [0.1, 0.15) is 11.1 Å². The summed E-state index contributed by atoms with van der Waals surface area (Å²) in [5.41, 5.74) is 2.43. The zero-order valence-electron chi connectivity index (χ0n) is 15.5. The lowest BCUT2D eigenvalue weighted by atomic mass is 10.1. The smallest absolute Gasteiger partial charge is 0.317 e. The number of hydrogen-bond donors (Lipinski definition) is 1. The molecule has 3 rings (SSSR count). The summed E-state index contributed by atoms with van der Waals surface area (Å²) in [6.45, 7) is 4.02. The van der Waals surface area contributed by atoms with Crippen molar-refractivity contribution in [2.24, 2.45) is 0 Å². The summed E-state index contributed by atoms with van der Waals surface area (Å²) in [4.78, 5) is 14.3. The first-order valence-corrected chi connectivity index (χ1v) is 10.5. The number of hydrogen-bond acceptors (Lipinski definition) is 3. The number of benzene rings is 2. The summed E-state index contributed by atoms with van der Waals surface area (Å²) in [7, 11) is -3.49. The van der Waals surface area contributed by atoms with Crippen molar-refractivity contribution in [3.63, 3.8) is 0 Å². The van der Waals surface area contributed by atoms with Crippen molar-refractivity contribution < 1.29 is 13.2 Å². The molecule has 1 aliphatic rings. The molecular formula is C20H25N3O3S. The Labute approximate surface area is 160 Å². The number of nitrogens with one attached hydrogen (secondary N) is 1. The molecule has 6 nitrogen and oxygen atoms in total. The maximum Gasteiger partial charge on any atom is 0.317 e. The Balaban J connectivity index is 1.49. The van der Waals surface area contributed by atoms with Crippen molar-refractivity contribution in [1.82, 2.24) is 14.5 Å². The molecule has 1 fully saturated rings. The minimum Gasteiger partial charge on any atom is -0.338 e. The number of carbonyl (C=O) groups excluding carboxylic acids is 1. The summed E-state index contributed by atoms with van der Waals surface area (Å²) in [6, 6.07) is 16.4. The van der Waals surface area contributed by atoms with E-state index in [1.165, 1.54) is 15.4 Å². The Kier molecular flexibility index (Phi) is 6.13. The molecular weight excluding hydrogens is 362 g/mol. The zero-order valence-corrected chi connectivity index (χ0v) is 16.3. The monoisotopic (exact) mass is 387 g/mol. The van der Waals surface area contributed by atoms with Crippen molar-refractivity contribution in [2.75, 3.05) is 32.7 Å². The molecule has 27 heavy (non-hydrogen) atoms. The third-order valence-electron chi connectivity index (χ3n) is 4.84. The van der Waals surface area contributed by atoms with E-state index in [0.29, 0.717) is 37.6 Å². The molecule has 0 saturated carbocycles. The van der Waals surface area contributed by atoms with Gasteiger partial charge in [0.2, 0.25) is 10.0 Å². The van der Waals surface area contributed by atoms with Crippen molar-refractivity contribution >= 4 is 16.1 Å². The van der Waals surface area contributed by atoms with Gasteiger partial charge in [-0.1, -0.05) is 42.5 Å². The van der Waals surface area contributed by atoms with Crippen LogP contribution in [0, 0.1) is 6.92 Å². The van der Waals surface area contributed by atoms with Crippen LogP contribution in [0.3, 0.4) is 0 Å². The highest BCUT2D eigenvalue weighted by Gasteiger charge is 2.29. The third-order valence-corrected chi connectivity index (χ3v) is 6.75. The second-order valence-electron chi connectivity index (χ2n) is 6.61. The van der Waals surface area contributed by atoms with Gasteiger partial charge in [0.05, 0.1) is 4.90 Å². The average molecular weight is 388 g/mol. The molecule has 0 aromatic heterocycles. The average Bonchev–Trinajstić information content (AvgIpc) is 2.70. The van der Waals surface area contributed by atoms with Gasteiger partial charge in [0.25, 0.3) is 0 Å². The highest BCUT2D eigenvalue weighted by atomic mass is 32.2. The van der Waals surface area contributed by atoms with Crippen LogP contribution in [0.4, 0.5) is 4.79 Å². The molecule has 0 bridgehead atoms. The Morgan fingerprint density at radius 1 is 0.963 bits per heavy atom. The molecule has 1 saturated heterocycles. The zero-order chi connectivity index (χ0) is 19.3. The fourth-order valence-electron chi connectivity index (χ4n) is 3.18. The van der Waals surface area contributed by atoms with E-state index in [2.05, 4.69) is 24.4 Å². The number of aryl methyl sites for hydroxylation is 1. The van der Waals surface area contributed by atoms with Gasteiger partial charge < -0.3 is 10.2 Å². The summed E-state index contributed by atoms with van der Waals surface area (Å²) in [5.74, 6) is 0. The summed E-state index contributed by atoms with van der Waals surface area (Å²) >= 11 is 0. The SMILES string of the molecule is Cc1ccccc1CCNC(=O)N1CCN(S(=O)(=O)c2ccccc2)CC1. The van der Waals surface area contributed by atoms with Crippen molar-refractivity contribution in [2.45, 2.75) is 18.2 Å². The van der Waals surface area contributed by atoms with E-state index in [1.54, 1.807) is 35.2 Å². The lowest BCUT2D eigenvalue weighted by Crippen LogP contribution is -2.53. The van der Waals surface area contributed by atoms with Crippen molar-refractivity contribution in [3.05, 3.63) is 65.7 Å². The van der Waals surface area contributed by atoms with Gasteiger partial charge in [-0.15, -0.1) is 0 Å². The molecule has 1 N–H and O–H groups in total. The minimum atomic E-state index is -3.49. The number of sulfonamides is 1. The molecule has 0 unspecified atom stereocenters. The van der Waals surface area contributed by atoms with Crippen LogP contribution in [0.2, 0.25) is 0 Å². The molecule has 144 valence electrons. The predicted molar refractivity (Wildman–Crippen MR) is 105 cm³/mol. The van der Waals surface area contributed by atoms with Gasteiger partial charge in [0.1, 0.15) is 0 Å². The van der Waals surface area contributed by atoms with E-state index in [0.717, 1.165) is 6.42 Å². The Morgan fingerprint density at radius 3 is 2.26 bits per heavy atom. The quantitative estimate of drug-likeness (QED) is 0.856. The van der Waals surface area contributed by atoms with Crippen molar-refractivity contribution in [3.8, 4) is 0 Å². The van der Waals surface area contributed by atoms with E-state index in [9.17, 15) is 13.2 Å². The molecule has 0 aliphatic carbocycles. The standard InChI is InChI=1S/C20H25N3O3S/c1-17-7-5-6-8-18(17)11-12-21-20(24)22-13-15-23(16-14-22)27(25,26)19-9-3-2-4-10-19/h2-10H,11-16H2,1H3,(H,21,24). The summed E-state index contributed by atoms with van der Waals surface area (Å²) in [5, 5.41) is 2.93.